The predicted molar refractivity (Wildman–Crippen MR) is 88.0 cm³/mol. The van der Waals surface area contributed by atoms with Crippen molar-refractivity contribution in [2.75, 3.05) is 13.1 Å². The van der Waals surface area contributed by atoms with Crippen molar-refractivity contribution < 1.29 is 0 Å². The van der Waals surface area contributed by atoms with Gasteiger partial charge in [-0.2, -0.15) is 0 Å². The van der Waals surface area contributed by atoms with E-state index in [-0.39, 0.29) is 0 Å². The first-order valence-corrected chi connectivity index (χ1v) is 7.64. The second kappa shape index (κ2) is 7.91. The maximum atomic E-state index is 5.81. The molecule has 21 heavy (non-hydrogen) atoms. The summed E-state index contributed by atoms with van der Waals surface area (Å²) in [5.74, 6) is 0. The zero-order valence-corrected chi connectivity index (χ0v) is 13.0. The number of nitrogens with zero attached hydrogens (tertiary/aromatic N) is 2. The molecular formula is C18H25N3. The van der Waals surface area contributed by atoms with Crippen LogP contribution in [0, 0.1) is 6.92 Å². The van der Waals surface area contributed by atoms with Gasteiger partial charge in [0.2, 0.25) is 0 Å². The van der Waals surface area contributed by atoms with Gasteiger partial charge in [-0.3, -0.25) is 9.88 Å². The molecule has 112 valence electrons. The van der Waals surface area contributed by atoms with Crippen molar-refractivity contribution in [1.82, 2.24) is 9.88 Å². The summed E-state index contributed by atoms with van der Waals surface area (Å²) < 4.78 is 0. The van der Waals surface area contributed by atoms with Crippen molar-refractivity contribution in [3.63, 3.8) is 0 Å². The largest absolute Gasteiger partial charge is 0.326 e. The van der Waals surface area contributed by atoms with Gasteiger partial charge in [-0.25, -0.2) is 0 Å². The van der Waals surface area contributed by atoms with Crippen molar-refractivity contribution in [1.29, 1.82) is 0 Å². The molecule has 0 radical (unpaired) electrons. The number of hydrogen-bond acceptors (Lipinski definition) is 3. The highest BCUT2D eigenvalue weighted by molar-refractivity contribution is 5.27. The summed E-state index contributed by atoms with van der Waals surface area (Å²) in [6.07, 6.45) is 1.03. The number of aromatic nitrogens is 1. The van der Waals surface area contributed by atoms with Crippen LogP contribution in [-0.2, 0) is 19.5 Å². The molecule has 3 nitrogen and oxygen atoms in total. The third-order valence-corrected chi connectivity index (χ3v) is 3.81. The summed E-state index contributed by atoms with van der Waals surface area (Å²) in [5.41, 5.74) is 10.6. The Morgan fingerprint density at radius 3 is 2.48 bits per heavy atom. The molecule has 3 heteroatoms. The lowest BCUT2D eigenvalue weighted by atomic mass is 10.0. The lowest BCUT2D eigenvalue weighted by Crippen LogP contribution is -2.26. The molecule has 2 rings (SSSR count). The van der Waals surface area contributed by atoms with Crippen molar-refractivity contribution in [3.05, 3.63) is 65.0 Å². The Bertz CT molecular complexity index is 566. The van der Waals surface area contributed by atoms with Crippen molar-refractivity contribution in [2.24, 2.45) is 5.73 Å². The molecule has 0 unspecified atom stereocenters. The van der Waals surface area contributed by atoms with Gasteiger partial charge in [-0.05, 0) is 43.1 Å². The SMILES string of the molecule is CCN(CCc1ccccc1CN)Cc1cccc(C)n1. The van der Waals surface area contributed by atoms with Crippen LogP contribution < -0.4 is 5.73 Å². The van der Waals surface area contributed by atoms with Crippen LogP contribution in [0.3, 0.4) is 0 Å². The maximum Gasteiger partial charge on any atom is 0.0547 e. The Kier molecular flexibility index (Phi) is 5.90. The summed E-state index contributed by atoms with van der Waals surface area (Å²) in [7, 11) is 0. The van der Waals surface area contributed by atoms with E-state index in [4.69, 9.17) is 5.73 Å². The van der Waals surface area contributed by atoms with Crippen LogP contribution in [0.25, 0.3) is 0 Å². The van der Waals surface area contributed by atoms with Gasteiger partial charge in [0.1, 0.15) is 0 Å². The highest BCUT2D eigenvalue weighted by atomic mass is 15.1. The van der Waals surface area contributed by atoms with Gasteiger partial charge in [0.25, 0.3) is 0 Å². The fourth-order valence-electron chi connectivity index (χ4n) is 2.54. The van der Waals surface area contributed by atoms with Crippen LogP contribution in [-0.4, -0.2) is 23.0 Å². The van der Waals surface area contributed by atoms with E-state index >= 15 is 0 Å². The lowest BCUT2D eigenvalue weighted by molar-refractivity contribution is 0.280. The Labute approximate surface area is 127 Å². The molecule has 0 saturated heterocycles. The highest BCUT2D eigenvalue weighted by Crippen LogP contribution is 2.11. The van der Waals surface area contributed by atoms with Gasteiger partial charge in [0, 0.05) is 25.3 Å². The average Bonchev–Trinajstić information content (AvgIpc) is 2.51. The molecule has 0 amide bonds. The first-order chi connectivity index (χ1) is 10.2. The summed E-state index contributed by atoms with van der Waals surface area (Å²) in [6.45, 7) is 7.82. The monoisotopic (exact) mass is 283 g/mol. The van der Waals surface area contributed by atoms with E-state index in [0.717, 1.165) is 37.4 Å². The van der Waals surface area contributed by atoms with Gasteiger partial charge >= 0.3 is 0 Å². The molecule has 2 N–H and O–H groups in total. The summed E-state index contributed by atoms with van der Waals surface area (Å²) in [4.78, 5) is 7.01. The molecule has 0 aliphatic rings. The molecule has 0 fully saturated rings. The third-order valence-electron chi connectivity index (χ3n) is 3.81. The van der Waals surface area contributed by atoms with Crippen molar-refractivity contribution in [3.8, 4) is 0 Å². The standard InChI is InChI=1S/C18H25N3/c1-3-21(14-18-10-6-7-15(2)20-18)12-11-16-8-4-5-9-17(16)13-19/h4-10H,3,11-14,19H2,1-2H3. The van der Waals surface area contributed by atoms with Crippen LogP contribution in [0.4, 0.5) is 0 Å². The zero-order chi connectivity index (χ0) is 15.1. The highest BCUT2D eigenvalue weighted by Gasteiger charge is 2.07. The van der Waals surface area contributed by atoms with Gasteiger partial charge in [-0.15, -0.1) is 0 Å². The number of hydrogen-bond donors (Lipinski definition) is 1. The van der Waals surface area contributed by atoms with Crippen LogP contribution in [0.5, 0.6) is 0 Å². The minimum atomic E-state index is 0.613. The molecule has 0 atom stereocenters. The maximum absolute atomic E-state index is 5.81. The Morgan fingerprint density at radius 1 is 1.05 bits per heavy atom. The first kappa shape index (κ1) is 15.7. The van der Waals surface area contributed by atoms with Crippen molar-refractivity contribution in [2.45, 2.75) is 33.4 Å². The minimum Gasteiger partial charge on any atom is -0.326 e. The number of nitrogens with two attached hydrogens (primary N) is 1. The van der Waals surface area contributed by atoms with E-state index in [0.29, 0.717) is 6.54 Å². The molecule has 1 heterocycles. The van der Waals surface area contributed by atoms with E-state index in [1.54, 1.807) is 0 Å². The fraction of sp³-hybridized carbons (Fsp3) is 0.389. The van der Waals surface area contributed by atoms with Crippen LogP contribution in [0.1, 0.15) is 29.4 Å². The average molecular weight is 283 g/mol. The van der Waals surface area contributed by atoms with Crippen LogP contribution in [0.2, 0.25) is 0 Å². The third kappa shape index (κ3) is 4.66. The van der Waals surface area contributed by atoms with Gasteiger partial charge in [-0.1, -0.05) is 37.3 Å². The smallest absolute Gasteiger partial charge is 0.0547 e. The number of aryl methyl sites for hydroxylation is 1. The van der Waals surface area contributed by atoms with E-state index < -0.39 is 0 Å². The Hall–Kier alpha value is -1.71. The second-order valence-corrected chi connectivity index (χ2v) is 5.36. The van der Waals surface area contributed by atoms with E-state index in [1.807, 2.05) is 13.0 Å². The first-order valence-electron chi connectivity index (χ1n) is 7.64. The van der Waals surface area contributed by atoms with Crippen LogP contribution >= 0.6 is 0 Å². The molecule has 1 aromatic carbocycles. The number of pyridine rings is 1. The molecule has 1 aromatic heterocycles. The van der Waals surface area contributed by atoms with E-state index in [9.17, 15) is 0 Å². The quantitative estimate of drug-likeness (QED) is 0.849. The number of benzene rings is 1. The molecular weight excluding hydrogens is 258 g/mol. The summed E-state index contributed by atoms with van der Waals surface area (Å²) in [6, 6.07) is 14.7. The number of rotatable bonds is 7. The minimum absolute atomic E-state index is 0.613. The summed E-state index contributed by atoms with van der Waals surface area (Å²) in [5, 5.41) is 0. The topological polar surface area (TPSA) is 42.1 Å². The predicted octanol–water partition coefficient (Wildman–Crippen LogP) is 2.91. The number of likely N-dealkylation sites (N-methyl/N-ethyl adjacent to an activating group) is 1. The zero-order valence-electron chi connectivity index (χ0n) is 13.0. The molecule has 0 aliphatic carbocycles. The molecule has 0 spiro atoms. The molecule has 0 bridgehead atoms. The van der Waals surface area contributed by atoms with Crippen LogP contribution in [0.15, 0.2) is 42.5 Å². The Morgan fingerprint density at radius 2 is 1.81 bits per heavy atom. The fourth-order valence-corrected chi connectivity index (χ4v) is 2.54. The second-order valence-electron chi connectivity index (χ2n) is 5.36. The van der Waals surface area contributed by atoms with E-state index in [1.165, 1.54) is 11.1 Å². The molecule has 2 aromatic rings. The molecule has 0 saturated carbocycles. The van der Waals surface area contributed by atoms with Gasteiger partial charge in [0.05, 0.1) is 5.69 Å². The summed E-state index contributed by atoms with van der Waals surface area (Å²) >= 11 is 0. The van der Waals surface area contributed by atoms with Gasteiger partial charge in [0.15, 0.2) is 0 Å². The molecule has 0 aliphatic heterocycles. The van der Waals surface area contributed by atoms with E-state index in [2.05, 4.69) is 53.2 Å². The van der Waals surface area contributed by atoms with Gasteiger partial charge < -0.3 is 5.73 Å². The normalized spacial score (nSPS) is 11.0. The Balaban J connectivity index is 1.96. The lowest BCUT2D eigenvalue weighted by Gasteiger charge is -2.20. The van der Waals surface area contributed by atoms with Crippen molar-refractivity contribution >= 4 is 0 Å².